The lowest BCUT2D eigenvalue weighted by molar-refractivity contribution is -0.384. The van der Waals surface area contributed by atoms with Gasteiger partial charge in [0.05, 0.1) is 16.0 Å². The van der Waals surface area contributed by atoms with Crippen molar-refractivity contribution in [3.05, 3.63) is 45.1 Å². The number of rotatable bonds is 2. The van der Waals surface area contributed by atoms with Gasteiger partial charge in [0, 0.05) is 17.5 Å². The molecule has 0 amide bonds. The van der Waals surface area contributed by atoms with Crippen LogP contribution in [0, 0.1) is 10.1 Å². The van der Waals surface area contributed by atoms with E-state index in [4.69, 9.17) is 16.7 Å². The lowest BCUT2D eigenvalue weighted by atomic mass is 10.1. The van der Waals surface area contributed by atoms with Gasteiger partial charge in [0.25, 0.3) is 5.69 Å². The number of halogens is 1. The lowest BCUT2D eigenvalue weighted by Crippen LogP contribution is -1.99. The molecule has 2 rings (SSSR count). The summed E-state index contributed by atoms with van der Waals surface area (Å²) in [5, 5.41) is 19.8. The Balaban J connectivity index is 2.82. The van der Waals surface area contributed by atoms with Gasteiger partial charge in [-0.3, -0.25) is 10.1 Å². The third-order valence-electron chi connectivity index (χ3n) is 2.20. The van der Waals surface area contributed by atoms with Gasteiger partial charge in [0.15, 0.2) is 0 Å². The zero-order chi connectivity index (χ0) is 12.6. The molecule has 2 aromatic rings. The van der Waals surface area contributed by atoms with Crippen LogP contribution in [-0.4, -0.2) is 21.0 Å². The number of fused-ring (bicyclic) bond motifs is 1. The molecule has 17 heavy (non-hydrogen) atoms. The number of aromatic nitrogens is 1. The van der Waals surface area contributed by atoms with Crippen LogP contribution < -0.4 is 0 Å². The van der Waals surface area contributed by atoms with Crippen molar-refractivity contribution in [3.63, 3.8) is 0 Å². The lowest BCUT2D eigenvalue weighted by Gasteiger charge is -2.02. The zero-order valence-electron chi connectivity index (χ0n) is 8.25. The number of carboxylic acid groups (broad SMARTS) is 1. The molecular weight excluding hydrogens is 248 g/mol. The van der Waals surface area contributed by atoms with Crippen molar-refractivity contribution in [1.29, 1.82) is 0 Å². The van der Waals surface area contributed by atoms with E-state index in [0.717, 1.165) is 6.07 Å². The smallest absolute Gasteiger partial charge is 0.336 e. The van der Waals surface area contributed by atoms with E-state index in [1.165, 1.54) is 18.2 Å². The van der Waals surface area contributed by atoms with E-state index >= 15 is 0 Å². The van der Waals surface area contributed by atoms with E-state index in [9.17, 15) is 14.9 Å². The molecule has 0 aliphatic rings. The molecule has 0 bridgehead atoms. The van der Waals surface area contributed by atoms with Crippen LogP contribution in [0.1, 0.15) is 10.4 Å². The highest BCUT2D eigenvalue weighted by Crippen LogP contribution is 2.25. The molecule has 1 aromatic carbocycles. The van der Waals surface area contributed by atoms with Crippen molar-refractivity contribution in [2.75, 3.05) is 0 Å². The predicted molar refractivity (Wildman–Crippen MR) is 60.4 cm³/mol. The van der Waals surface area contributed by atoms with Crippen molar-refractivity contribution >= 4 is 34.2 Å². The van der Waals surface area contributed by atoms with E-state index < -0.39 is 10.9 Å². The van der Waals surface area contributed by atoms with Crippen LogP contribution in [0.3, 0.4) is 0 Å². The molecule has 1 aromatic heterocycles. The maximum atomic E-state index is 11.0. The van der Waals surface area contributed by atoms with Crippen molar-refractivity contribution in [2.24, 2.45) is 0 Å². The highest BCUT2D eigenvalue weighted by atomic mass is 35.5. The predicted octanol–water partition coefficient (Wildman–Crippen LogP) is 2.49. The van der Waals surface area contributed by atoms with E-state index in [1.807, 2.05) is 0 Å². The highest BCUT2D eigenvalue weighted by molar-refractivity contribution is 6.30. The van der Waals surface area contributed by atoms with Crippen LogP contribution in [0.4, 0.5) is 5.69 Å². The van der Waals surface area contributed by atoms with Crippen molar-refractivity contribution < 1.29 is 14.8 Å². The number of nitro groups is 1. The third kappa shape index (κ3) is 2.02. The van der Waals surface area contributed by atoms with Gasteiger partial charge in [-0.1, -0.05) is 11.6 Å². The topological polar surface area (TPSA) is 93.3 Å². The Morgan fingerprint density at radius 3 is 2.71 bits per heavy atom. The molecule has 0 saturated carbocycles. The Kier molecular flexibility index (Phi) is 2.64. The average Bonchev–Trinajstić information content (AvgIpc) is 2.26. The fourth-order valence-electron chi connectivity index (χ4n) is 1.47. The summed E-state index contributed by atoms with van der Waals surface area (Å²) < 4.78 is 0. The van der Waals surface area contributed by atoms with Crippen LogP contribution in [0.5, 0.6) is 0 Å². The van der Waals surface area contributed by atoms with Gasteiger partial charge in [-0.2, -0.15) is 0 Å². The first-order valence-electron chi connectivity index (χ1n) is 4.47. The number of aromatic carboxylic acids is 1. The Labute approximate surface area is 99.6 Å². The standard InChI is InChI=1S/C10H5ClN2O4/c11-9-4-7(10(14)15)6-3-5(13(16)17)1-2-8(6)12-9/h1-4H,(H,14,15). The van der Waals surface area contributed by atoms with Gasteiger partial charge in [0.1, 0.15) is 5.15 Å². The van der Waals surface area contributed by atoms with Crippen molar-refractivity contribution in [2.45, 2.75) is 0 Å². The average molecular weight is 253 g/mol. The van der Waals surface area contributed by atoms with Crippen LogP contribution in [-0.2, 0) is 0 Å². The summed E-state index contributed by atoms with van der Waals surface area (Å²) in [7, 11) is 0. The van der Waals surface area contributed by atoms with Gasteiger partial charge < -0.3 is 5.11 Å². The summed E-state index contributed by atoms with van der Waals surface area (Å²) in [6.07, 6.45) is 0. The minimum Gasteiger partial charge on any atom is -0.478 e. The summed E-state index contributed by atoms with van der Waals surface area (Å²) in [5.74, 6) is -1.21. The molecule has 0 radical (unpaired) electrons. The molecule has 0 saturated heterocycles. The molecule has 1 N–H and O–H groups in total. The number of nitrogens with zero attached hydrogens (tertiary/aromatic N) is 2. The monoisotopic (exact) mass is 252 g/mol. The number of pyridine rings is 1. The first-order chi connectivity index (χ1) is 7.99. The molecule has 0 unspecified atom stereocenters. The Morgan fingerprint density at radius 2 is 2.12 bits per heavy atom. The van der Waals surface area contributed by atoms with Crippen LogP contribution in [0.2, 0.25) is 5.15 Å². The van der Waals surface area contributed by atoms with Crippen LogP contribution >= 0.6 is 11.6 Å². The minimum atomic E-state index is -1.21. The number of carbonyl (C=O) groups is 1. The number of nitro benzene ring substituents is 1. The van der Waals surface area contributed by atoms with Crippen LogP contribution in [0.25, 0.3) is 10.9 Å². The largest absolute Gasteiger partial charge is 0.478 e. The maximum absolute atomic E-state index is 11.0. The number of carboxylic acids is 1. The third-order valence-corrected chi connectivity index (χ3v) is 2.40. The molecule has 1 heterocycles. The molecule has 6 nitrogen and oxygen atoms in total. The second kappa shape index (κ2) is 3.99. The Bertz CT molecular complexity index is 641. The number of benzene rings is 1. The summed E-state index contributed by atoms with van der Waals surface area (Å²) >= 11 is 5.66. The summed E-state index contributed by atoms with van der Waals surface area (Å²) in [5.41, 5.74) is 0.00771. The van der Waals surface area contributed by atoms with Crippen molar-refractivity contribution in [3.8, 4) is 0 Å². The van der Waals surface area contributed by atoms with E-state index in [-0.39, 0.29) is 21.8 Å². The number of non-ortho nitro benzene ring substituents is 1. The van der Waals surface area contributed by atoms with E-state index in [0.29, 0.717) is 5.52 Å². The second-order valence-corrected chi connectivity index (χ2v) is 3.64. The normalized spacial score (nSPS) is 10.4. The van der Waals surface area contributed by atoms with Gasteiger partial charge in [-0.25, -0.2) is 9.78 Å². The van der Waals surface area contributed by atoms with Crippen LogP contribution in [0.15, 0.2) is 24.3 Å². The SMILES string of the molecule is O=C(O)c1cc(Cl)nc2ccc([N+](=O)[O-])cc12. The summed E-state index contributed by atoms with van der Waals surface area (Å²) in [6.45, 7) is 0. The Morgan fingerprint density at radius 1 is 1.41 bits per heavy atom. The molecule has 0 fully saturated rings. The summed E-state index contributed by atoms with van der Waals surface area (Å²) in [4.78, 5) is 24.9. The van der Waals surface area contributed by atoms with E-state index in [2.05, 4.69) is 4.98 Å². The second-order valence-electron chi connectivity index (χ2n) is 3.26. The fraction of sp³-hybridized carbons (Fsp3) is 0. The van der Waals surface area contributed by atoms with Gasteiger partial charge in [0.2, 0.25) is 0 Å². The van der Waals surface area contributed by atoms with E-state index in [1.54, 1.807) is 0 Å². The number of hydrogen-bond donors (Lipinski definition) is 1. The molecule has 7 heteroatoms. The van der Waals surface area contributed by atoms with Gasteiger partial charge in [-0.15, -0.1) is 0 Å². The minimum absolute atomic E-state index is 0.0313. The molecule has 0 aliphatic heterocycles. The Hall–Kier alpha value is -2.21. The maximum Gasteiger partial charge on any atom is 0.336 e. The molecule has 0 atom stereocenters. The van der Waals surface area contributed by atoms with Crippen molar-refractivity contribution in [1.82, 2.24) is 4.98 Å². The molecule has 86 valence electrons. The first kappa shape index (κ1) is 11.3. The fourth-order valence-corrected chi connectivity index (χ4v) is 1.67. The van der Waals surface area contributed by atoms with Gasteiger partial charge >= 0.3 is 5.97 Å². The first-order valence-corrected chi connectivity index (χ1v) is 4.85. The molecular formula is C10H5ClN2O4. The highest BCUT2D eigenvalue weighted by Gasteiger charge is 2.14. The van der Waals surface area contributed by atoms with Gasteiger partial charge in [-0.05, 0) is 12.1 Å². The molecule has 0 aliphatic carbocycles. The molecule has 0 spiro atoms. The summed E-state index contributed by atoms with van der Waals surface area (Å²) in [6, 6.07) is 4.95. The zero-order valence-corrected chi connectivity index (χ0v) is 9.01. The number of hydrogen-bond acceptors (Lipinski definition) is 4. The quantitative estimate of drug-likeness (QED) is 0.503.